The Morgan fingerprint density at radius 3 is 2.71 bits per heavy atom. The first-order chi connectivity index (χ1) is 10.3. The van der Waals surface area contributed by atoms with E-state index in [1.165, 1.54) is 32.2 Å². The quantitative estimate of drug-likeness (QED) is 0.872. The summed E-state index contributed by atoms with van der Waals surface area (Å²) in [4.78, 5) is 2.58. The van der Waals surface area contributed by atoms with Gasteiger partial charge >= 0.3 is 0 Å². The van der Waals surface area contributed by atoms with Gasteiger partial charge in [0.15, 0.2) is 0 Å². The maximum atomic E-state index is 9.75. The molecule has 1 aliphatic heterocycles. The highest BCUT2D eigenvalue weighted by Crippen LogP contribution is 2.27. The van der Waals surface area contributed by atoms with E-state index in [0.717, 1.165) is 18.5 Å². The van der Waals surface area contributed by atoms with Gasteiger partial charge in [-0.1, -0.05) is 43.7 Å². The fourth-order valence-corrected chi connectivity index (χ4v) is 3.44. The number of hydrogen-bond donors (Lipinski definition) is 1. The largest absolute Gasteiger partial charge is 0.300 e. The van der Waals surface area contributed by atoms with Crippen LogP contribution in [0.5, 0.6) is 0 Å². The van der Waals surface area contributed by atoms with Crippen LogP contribution in [-0.4, -0.2) is 31.1 Å². The van der Waals surface area contributed by atoms with E-state index >= 15 is 0 Å². The highest BCUT2D eigenvalue weighted by Gasteiger charge is 2.32. The lowest BCUT2D eigenvalue weighted by Gasteiger charge is -2.37. The first kappa shape index (κ1) is 16.0. The van der Waals surface area contributed by atoms with Crippen LogP contribution in [0.25, 0.3) is 0 Å². The zero-order chi connectivity index (χ0) is 15.1. The molecule has 21 heavy (non-hydrogen) atoms. The van der Waals surface area contributed by atoms with E-state index in [-0.39, 0.29) is 0 Å². The molecular formula is C18H27N3. The van der Waals surface area contributed by atoms with Gasteiger partial charge in [-0.05, 0) is 44.8 Å². The fourth-order valence-electron chi connectivity index (χ4n) is 3.44. The third-order valence-electron chi connectivity index (χ3n) is 4.88. The molecule has 0 saturated carbocycles. The summed E-state index contributed by atoms with van der Waals surface area (Å²) in [5, 5.41) is 13.0. The molecule has 1 aromatic carbocycles. The van der Waals surface area contributed by atoms with E-state index in [2.05, 4.69) is 23.2 Å². The summed E-state index contributed by atoms with van der Waals surface area (Å²) in [6, 6.07) is 13.3. The molecule has 1 saturated heterocycles. The van der Waals surface area contributed by atoms with Gasteiger partial charge in [-0.25, -0.2) is 0 Å². The lowest BCUT2D eigenvalue weighted by molar-refractivity contribution is 0.132. The van der Waals surface area contributed by atoms with Crippen LogP contribution in [0.15, 0.2) is 30.3 Å². The van der Waals surface area contributed by atoms with Crippen LogP contribution in [-0.2, 0) is 5.54 Å². The van der Waals surface area contributed by atoms with Crippen LogP contribution in [0.2, 0.25) is 0 Å². The number of nitrogens with one attached hydrogen (secondary N) is 1. The number of nitrogens with zero attached hydrogens (tertiary/aromatic N) is 2. The lowest BCUT2D eigenvalue weighted by Crippen LogP contribution is -2.45. The molecule has 1 fully saturated rings. The van der Waals surface area contributed by atoms with Crippen molar-refractivity contribution in [2.24, 2.45) is 0 Å². The number of nitriles is 1. The third-order valence-corrected chi connectivity index (χ3v) is 4.88. The Morgan fingerprint density at radius 1 is 1.33 bits per heavy atom. The van der Waals surface area contributed by atoms with Crippen LogP contribution >= 0.6 is 0 Å². The zero-order valence-electron chi connectivity index (χ0n) is 13.3. The minimum atomic E-state index is -0.572. The summed E-state index contributed by atoms with van der Waals surface area (Å²) in [5.41, 5.74) is 0.497. The second-order valence-electron chi connectivity index (χ2n) is 5.98. The summed E-state index contributed by atoms with van der Waals surface area (Å²) in [7, 11) is 1.89. The molecule has 0 aliphatic carbocycles. The van der Waals surface area contributed by atoms with Crippen LogP contribution in [0.4, 0.5) is 0 Å². The van der Waals surface area contributed by atoms with E-state index in [0.29, 0.717) is 6.04 Å². The topological polar surface area (TPSA) is 39.1 Å². The Kier molecular flexibility index (Phi) is 5.78. The predicted octanol–water partition coefficient (Wildman–Crippen LogP) is 3.28. The molecule has 1 aliphatic rings. The molecule has 1 heterocycles. The number of likely N-dealkylation sites (tertiary alicyclic amines) is 1. The van der Waals surface area contributed by atoms with Crippen molar-refractivity contribution in [2.45, 2.75) is 50.6 Å². The summed E-state index contributed by atoms with van der Waals surface area (Å²) < 4.78 is 0. The average Bonchev–Trinajstić information content (AvgIpc) is 2.57. The molecule has 0 bridgehead atoms. The van der Waals surface area contributed by atoms with Crippen molar-refractivity contribution < 1.29 is 0 Å². The molecule has 2 unspecified atom stereocenters. The van der Waals surface area contributed by atoms with Crippen molar-refractivity contribution in [3.05, 3.63) is 35.9 Å². The summed E-state index contributed by atoms with van der Waals surface area (Å²) in [6.45, 7) is 4.44. The number of piperidine rings is 1. The van der Waals surface area contributed by atoms with E-state index in [9.17, 15) is 5.26 Å². The molecule has 2 atom stereocenters. The van der Waals surface area contributed by atoms with Gasteiger partial charge in [0.25, 0.3) is 0 Å². The first-order valence-corrected chi connectivity index (χ1v) is 8.15. The van der Waals surface area contributed by atoms with Crippen molar-refractivity contribution in [3.8, 4) is 6.07 Å². The summed E-state index contributed by atoms with van der Waals surface area (Å²) in [6.07, 6.45) is 6.00. The number of hydrogen-bond acceptors (Lipinski definition) is 3. The minimum absolute atomic E-state index is 0.572. The monoisotopic (exact) mass is 285 g/mol. The fraction of sp³-hybridized carbons (Fsp3) is 0.611. The van der Waals surface area contributed by atoms with Crippen molar-refractivity contribution in [2.75, 3.05) is 20.1 Å². The molecule has 0 aromatic heterocycles. The van der Waals surface area contributed by atoms with Crippen LogP contribution in [0.3, 0.4) is 0 Å². The second kappa shape index (κ2) is 7.59. The highest BCUT2D eigenvalue weighted by molar-refractivity contribution is 5.31. The number of benzene rings is 1. The molecule has 2 rings (SSSR count). The van der Waals surface area contributed by atoms with E-state index in [4.69, 9.17) is 0 Å². The van der Waals surface area contributed by atoms with Gasteiger partial charge in [0.2, 0.25) is 0 Å². The Labute approximate surface area is 129 Å². The molecule has 0 amide bonds. The Morgan fingerprint density at radius 2 is 2.10 bits per heavy atom. The number of rotatable bonds is 6. The van der Waals surface area contributed by atoms with Gasteiger partial charge in [-0.2, -0.15) is 5.26 Å². The molecule has 114 valence electrons. The van der Waals surface area contributed by atoms with Gasteiger partial charge in [0, 0.05) is 12.6 Å². The van der Waals surface area contributed by atoms with Gasteiger partial charge in [0.1, 0.15) is 5.54 Å². The van der Waals surface area contributed by atoms with Crippen molar-refractivity contribution in [3.63, 3.8) is 0 Å². The van der Waals surface area contributed by atoms with Crippen molar-refractivity contribution in [1.82, 2.24) is 10.2 Å². The molecule has 0 spiro atoms. The second-order valence-corrected chi connectivity index (χ2v) is 5.98. The Bertz CT molecular complexity index is 465. The molecule has 3 nitrogen and oxygen atoms in total. The molecule has 0 radical (unpaired) electrons. The normalized spacial score (nSPS) is 22.4. The van der Waals surface area contributed by atoms with Crippen molar-refractivity contribution in [1.29, 1.82) is 5.26 Å². The maximum absolute atomic E-state index is 9.75. The SMILES string of the molecule is CCC1CCCCN1CCC(C#N)(NC)c1ccccc1. The standard InChI is InChI=1S/C18H27N3/c1-3-17-11-7-8-13-21(17)14-12-18(15-19,20-2)16-9-5-4-6-10-16/h4-6,9-10,17,20H,3,7-8,11-14H2,1-2H3. The molecule has 1 aromatic rings. The zero-order valence-corrected chi connectivity index (χ0v) is 13.3. The Balaban J connectivity index is 2.08. The highest BCUT2D eigenvalue weighted by atomic mass is 15.2. The summed E-state index contributed by atoms with van der Waals surface area (Å²) >= 11 is 0. The molecule has 3 heteroatoms. The van der Waals surface area contributed by atoms with E-state index < -0.39 is 5.54 Å². The van der Waals surface area contributed by atoms with E-state index in [1.807, 2.05) is 37.4 Å². The smallest absolute Gasteiger partial charge is 0.133 e. The van der Waals surface area contributed by atoms with Gasteiger partial charge in [0.05, 0.1) is 6.07 Å². The van der Waals surface area contributed by atoms with Gasteiger partial charge < -0.3 is 4.90 Å². The van der Waals surface area contributed by atoms with Gasteiger partial charge in [-0.3, -0.25) is 5.32 Å². The van der Waals surface area contributed by atoms with E-state index in [1.54, 1.807) is 0 Å². The predicted molar refractivity (Wildman–Crippen MR) is 86.9 cm³/mol. The molecule has 1 N–H and O–H groups in total. The lowest BCUT2D eigenvalue weighted by atomic mass is 9.87. The summed E-state index contributed by atoms with van der Waals surface area (Å²) in [5.74, 6) is 0. The third kappa shape index (κ3) is 3.64. The Hall–Kier alpha value is -1.37. The van der Waals surface area contributed by atoms with Gasteiger partial charge in [-0.15, -0.1) is 0 Å². The van der Waals surface area contributed by atoms with Crippen LogP contribution in [0, 0.1) is 11.3 Å². The van der Waals surface area contributed by atoms with Crippen molar-refractivity contribution >= 4 is 0 Å². The minimum Gasteiger partial charge on any atom is -0.300 e. The maximum Gasteiger partial charge on any atom is 0.133 e. The average molecular weight is 285 g/mol. The molecular weight excluding hydrogens is 258 g/mol. The van der Waals surface area contributed by atoms with Crippen LogP contribution in [0.1, 0.15) is 44.6 Å². The first-order valence-electron chi connectivity index (χ1n) is 8.15. The van der Waals surface area contributed by atoms with Crippen LogP contribution < -0.4 is 5.32 Å².